The Morgan fingerprint density at radius 2 is 0.714 bits per heavy atom. The molecule has 0 aliphatic rings. The summed E-state index contributed by atoms with van der Waals surface area (Å²) in [5, 5.41) is 8.04. The van der Waals surface area contributed by atoms with Gasteiger partial charge < -0.3 is 10.6 Å². The molecule has 0 aromatic carbocycles. The van der Waals surface area contributed by atoms with Gasteiger partial charge in [0.15, 0.2) is 0 Å². The van der Waals surface area contributed by atoms with E-state index in [1.807, 2.05) is 14.1 Å². The molecule has 0 fully saturated rings. The van der Waals surface area contributed by atoms with Crippen LogP contribution in [0.2, 0.25) is 0 Å². The summed E-state index contributed by atoms with van der Waals surface area (Å²) in [6, 6.07) is 0. The van der Waals surface area contributed by atoms with Crippen LogP contribution < -0.4 is 0 Å². The van der Waals surface area contributed by atoms with Gasteiger partial charge in [0.2, 0.25) is 0 Å². The fourth-order valence-corrected chi connectivity index (χ4v) is 0. The van der Waals surface area contributed by atoms with Crippen molar-refractivity contribution >= 4 is 12.4 Å². The van der Waals surface area contributed by atoms with Crippen molar-refractivity contribution in [3.63, 3.8) is 0 Å². The Morgan fingerprint density at radius 3 is 0.714 bits per heavy atom. The third-order valence-corrected chi connectivity index (χ3v) is 1.34. The molecule has 0 bridgehead atoms. The van der Waals surface area contributed by atoms with Crippen LogP contribution in [0.15, 0.2) is 0 Å². The molecule has 0 amide bonds. The smallest absolute Gasteiger partial charge is 0 e. The van der Waals surface area contributed by atoms with Gasteiger partial charge in [0.1, 0.15) is 0 Å². The second-order valence-electron chi connectivity index (χ2n) is 4.79. The van der Waals surface area contributed by atoms with Crippen LogP contribution in [0.5, 0.6) is 0 Å². The van der Waals surface area contributed by atoms with E-state index in [1.54, 1.807) is 0 Å². The van der Waals surface area contributed by atoms with E-state index >= 15 is 0 Å². The van der Waals surface area contributed by atoms with Crippen LogP contribution in [-0.2, 0) is 0 Å². The molecule has 0 rings (SSSR count). The van der Waals surface area contributed by atoms with Crippen LogP contribution in [0.25, 0.3) is 10.6 Å². The molecule has 0 aliphatic heterocycles. The van der Waals surface area contributed by atoms with Gasteiger partial charge in [0.05, 0.1) is 0 Å². The molecule has 4 heteroatoms. The van der Waals surface area contributed by atoms with Gasteiger partial charge in [-0.2, -0.15) is 14.1 Å². The average molecular weight is 353 g/mol. The van der Waals surface area contributed by atoms with Gasteiger partial charge in [-0.15, -0.1) is 23.5 Å². The Balaban J connectivity index is -0.0000000625. The fourth-order valence-electron chi connectivity index (χ4n) is 0. The second kappa shape index (κ2) is 11.1. The minimum absolute atomic E-state index is 0. The molecule has 0 saturated carbocycles. The van der Waals surface area contributed by atoms with E-state index in [0.717, 1.165) is 0 Å². The SMILES string of the molecule is C[N-]C(C)(C)C.C[N-]C(C)(C)C.Cl.[Nd]. The van der Waals surface area contributed by atoms with Crippen LogP contribution >= 0.6 is 12.4 Å². The van der Waals surface area contributed by atoms with E-state index in [0.29, 0.717) is 0 Å². The van der Waals surface area contributed by atoms with Gasteiger partial charge in [0, 0.05) is 40.8 Å². The van der Waals surface area contributed by atoms with Crippen molar-refractivity contribution in [2.24, 2.45) is 0 Å². The molecule has 0 atom stereocenters. The number of nitrogens with zero attached hydrogens (tertiary/aromatic N) is 2. The van der Waals surface area contributed by atoms with Crippen molar-refractivity contribution in [3.8, 4) is 0 Å². The first kappa shape index (κ1) is 24.7. The second-order valence-corrected chi connectivity index (χ2v) is 4.79. The van der Waals surface area contributed by atoms with E-state index in [2.05, 4.69) is 52.2 Å². The quantitative estimate of drug-likeness (QED) is 0.630. The van der Waals surface area contributed by atoms with Gasteiger partial charge in [-0.3, -0.25) is 0 Å². The molecule has 0 spiro atoms. The number of rotatable bonds is 0. The van der Waals surface area contributed by atoms with E-state index in [4.69, 9.17) is 0 Å². The molecule has 0 radical (unpaired) electrons. The first-order valence-electron chi connectivity index (χ1n) is 4.34. The monoisotopic (exact) mass is 350 g/mol. The van der Waals surface area contributed by atoms with Crippen molar-refractivity contribution in [1.82, 2.24) is 0 Å². The zero-order valence-corrected chi connectivity index (χ0v) is 14.8. The number of hydrogen-bond donors (Lipinski definition) is 0. The summed E-state index contributed by atoms with van der Waals surface area (Å²) in [4.78, 5) is 0. The summed E-state index contributed by atoms with van der Waals surface area (Å²) in [6.07, 6.45) is 0. The van der Waals surface area contributed by atoms with E-state index in [1.165, 1.54) is 0 Å². The third-order valence-electron chi connectivity index (χ3n) is 1.34. The van der Waals surface area contributed by atoms with Crippen molar-refractivity contribution in [3.05, 3.63) is 10.6 Å². The minimum Gasteiger partial charge on any atom is -0.660 e. The van der Waals surface area contributed by atoms with Crippen LogP contribution in [0.1, 0.15) is 41.5 Å². The fraction of sp³-hybridized carbons (Fsp3) is 1.00. The van der Waals surface area contributed by atoms with Gasteiger partial charge in [-0.1, -0.05) is 41.5 Å². The van der Waals surface area contributed by atoms with Crippen molar-refractivity contribution < 1.29 is 40.8 Å². The standard InChI is InChI=1S/2C5H12N.ClH.Nd/c2*1-5(2,3)6-4;;/h2*1-4H3;1H;/q2*-1;;. The first-order chi connectivity index (χ1) is 5.12. The summed E-state index contributed by atoms with van der Waals surface area (Å²) in [5.41, 5.74) is 0.333. The molecule has 0 aliphatic carbocycles. The summed E-state index contributed by atoms with van der Waals surface area (Å²) >= 11 is 0. The predicted molar refractivity (Wildman–Crippen MR) is 65.3 cm³/mol. The Bertz CT molecular complexity index is 91.7. The summed E-state index contributed by atoms with van der Waals surface area (Å²) < 4.78 is 0. The number of hydrogen-bond acceptors (Lipinski definition) is 0. The van der Waals surface area contributed by atoms with Crippen LogP contribution in [-0.4, -0.2) is 25.2 Å². The van der Waals surface area contributed by atoms with Gasteiger partial charge >= 0.3 is 0 Å². The first-order valence-corrected chi connectivity index (χ1v) is 4.34. The molecule has 0 heterocycles. The zero-order chi connectivity index (χ0) is 10.4. The Kier molecular flexibility index (Phi) is 19.5. The summed E-state index contributed by atoms with van der Waals surface area (Å²) in [5.74, 6) is 0. The maximum absolute atomic E-state index is 4.02. The zero-order valence-electron chi connectivity index (χ0n) is 10.8. The molecule has 14 heavy (non-hydrogen) atoms. The molecular formula is C10H25ClN2Nd-2. The van der Waals surface area contributed by atoms with E-state index < -0.39 is 0 Å². The Morgan fingerprint density at radius 1 is 0.643 bits per heavy atom. The Hall–Kier alpha value is 1.56. The molecule has 0 N–H and O–H groups in total. The Labute approximate surface area is 129 Å². The van der Waals surface area contributed by atoms with Crippen LogP contribution in [0.4, 0.5) is 0 Å². The topological polar surface area (TPSA) is 28.2 Å². The summed E-state index contributed by atoms with van der Waals surface area (Å²) in [7, 11) is 3.67. The molecular weight excluding hydrogens is 328 g/mol. The maximum Gasteiger partial charge on any atom is 0 e. The van der Waals surface area contributed by atoms with Gasteiger partial charge in [0.25, 0.3) is 0 Å². The molecule has 0 aromatic heterocycles. The van der Waals surface area contributed by atoms with Gasteiger partial charge in [-0.05, 0) is 0 Å². The minimum atomic E-state index is 0. The summed E-state index contributed by atoms with van der Waals surface area (Å²) in [6.45, 7) is 12.5. The van der Waals surface area contributed by atoms with Gasteiger partial charge in [-0.25, -0.2) is 0 Å². The third kappa shape index (κ3) is 37.4. The van der Waals surface area contributed by atoms with E-state index in [-0.39, 0.29) is 64.3 Å². The van der Waals surface area contributed by atoms with Crippen molar-refractivity contribution in [2.75, 3.05) is 14.1 Å². The molecule has 0 saturated heterocycles. The molecule has 88 valence electrons. The average Bonchev–Trinajstić information content (AvgIpc) is 1.86. The number of halogens is 1. The van der Waals surface area contributed by atoms with Crippen molar-refractivity contribution in [1.29, 1.82) is 0 Å². The van der Waals surface area contributed by atoms with E-state index in [9.17, 15) is 0 Å². The molecule has 0 aromatic rings. The predicted octanol–water partition coefficient (Wildman–Crippen LogP) is 4.00. The molecule has 0 unspecified atom stereocenters. The van der Waals surface area contributed by atoms with Crippen molar-refractivity contribution in [2.45, 2.75) is 52.6 Å². The van der Waals surface area contributed by atoms with Crippen LogP contribution in [0, 0.1) is 40.8 Å². The largest absolute Gasteiger partial charge is 0.660 e. The van der Waals surface area contributed by atoms with Crippen LogP contribution in [0.3, 0.4) is 0 Å². The normalized spacial score (nSPS) is 10.3. The molecule has 2 nitrogen and oxygen atoms in total. The maximum atomic E-state index is 4.02.